The van der Waals surface area contributed by atoms with Crippen LogP contribution in [-0.2, 0) is 0 Å². The van der Waals surface area contributed by atoms with Gasteiger partial charge in [0.05, 0.1) is 10.6 Å². The first-order valence-corrected chi connectivity index (χ1v) is 8.62. The smallest absolute Gasteiger partial charge is 0.269 e. The van der Waals surface area contributed by atoms with E-state index in [1.807, 2.05) is 18.2 Å². The molecular weight excluding hydrogens is 344 g/mol. The zero-order chi connectivity index (χ0) is 19.2. The average Bonchev–Trinajstić information content (AvgIpc) is 2.69. The third-order valence-corrected chi connectivity index (χ3v) is 4.04. The van der Waals surface area contributed by atoms with E-state index >= 15 is 0 Å². The van der Waals surface area contributed by atoms with Gasteiger partial charge < -0.3 is 10.6 Å². The van der Waals surface area contributed by atoms with Crippen molar-refractivity contribution >= 4 is 23.1 Å². The van der Waals surface area contributed by atoms with Gasteiger partial charge in [0.1, 0.15) is 5.82 Å². The number of hydrogen-bond acceptors (Lipinski definition) is 7. The highest BCUT2D eigenvalue weighted by molar-refractivity contribution is 5.67. The summed E-state index contributed by atoms with van der Waals surface area (Å²) in [6, 6.07) is 12.0. The Labute approximate surface area is 156 Å². The number of aromatic nitrogens is 3. The monoisotopic (exact) mass is 364 g/mol. The highest BCUT2D eigenvalue weighted by Crippen LogP contribution is 2.24. The Morgan fingerprint density at radius 1 is 1.11 bits per heavy atom. The first-order valence-electron chi connectivity index (χ1n) is 8.62. The second-order valence-corrected chi connectivity index (χ2v) is 6.08. The summed E-state index contributed by atoms with van der Waals surface area (Å²) in [6.07, 6.45) is 4.36. The fraction of sp³-hybridized carbons (Fsp3) is 0.211. The molecule has 3 aromatic rings. The van der Waals surface area contributed by atoms with Crippen LogP contribution in [0.15, 0.2) is 54.9 Å². The van der Waals surface area contributed by atoms with Crippen LogP contribution in [0.3, 0.4) is 0 Å². The molecule has 0 bridgehead atoms. The van der Waals surface area contributed by atoms with Gasteiger partial charge in [0, 0.05) is 47.9 Å². The van der Waals surface area contributed by atoms with Crippen molar-refractivity contribution in [1.82, 2.24) is 15.0 Å². The first kappa shape index (κ1) is 18.2. The van der Waals surface area contributed by atoms with Crippen molar-refractivity contribution in [2.45, 2.75) is 26.3 Å². The van der Waals surface area contributed by atoms with Crippen LogP contribution in [0.25, 0.3) is 11.3 Å². The number of nitrogens with one attached hydrogen (secondary N) is 2. The van der Waals surface area contributed by atoms with Crippen molar-refractivity contribution in [3.8, 4) is 11.3 Å². The number of nitrogens with zero attached hydrogens (tertiary/aromatic N) is 4. The molecular formula is C19H20N6O2. The number of rotatable bonds is 7. The standard InChI is InChI=1S/C19H20N6O2/c1-3-13(2)21-19-23-17(14-8-10-20-11-9-14)12-18(24-19)22-15-4-6-16(7-5-15)25(26)27/h4-13H,3H2,1-2H3,(H2,21,22,23,24)/t13-/m0/s1. The van der Waals surface area contributed by atoms with Crippen LogP contribution in [0, 0.1) is 10.1 Å². The maximum absolute atomic E-state index is 10.8. The van der Waals surface area contributed by atoms with E-state index in [-0.39, 0.29) is 11.7 Å². The molecule has 0 saturated carbocycles. The number of pyridine rings is 1. The lowest BCUT2D eigenvalue weighted by Gasteiger charge is -2.14. The summed E-state index contributed by atoms with van der Waals surface area (Å²) >= 11 is 0. The fourth-order valence-electron chi connectivity index (χ4n) is 2.38. The Bertz CT molecular complexity index is 915. The van der Waals surface area contributed by atoms with Crippen molar-refractivity contribution < 1.29 is 4.92 Å². The number of benzene rings is 1. The Kier molecular flexibility index (Phi) is 5.55. The van der Waals surface area contributed by atoms with Crippen molar-refractivity contribution in [2.24, 2.45) is 0 Å². The van der Waals surface area contributed by atoms with Gasteiger partial charge >= 0.3 is 0 Å². The van der Waals surface area contributed by atoms with Crippen LogP contribution in [0.1, 0.15) is 20.3 Å². The average molecular weight is 364 g/mol. The molecule has 0 unspecified atom stereocenters. The molecule has 0 amide bonds. The molecule has 1 atom stereocenters. The number of anilines is 3. The molecule has 1 aromatic carbocycles. The molecule has 0 spiro atoms. The highest BCUT2D eigenvalue weighted by atomic mass is 16.6. The lowest BCUT2D eigenvalue weighted by molar-refractivity contribution is -0.384. The van der Waals surface area contributed by atoms with Crippen molar-refractivity contribution in [1.29, 1.82) is 0 Å². The molecule has 0 saturated heterocycles. The second-order valence-electron chi connectivity index (χ2n) is 6.08. The summed E-state index contributed by atoms with van der Waals surface area (Å²) in [5, 5.41) is 17.3. The molecule has 0 aliphatic carbocycles. The SMILES string of the molecule is CC[C@H](C)Nc1nc(Nc2ccc([N+](=O)[O-])cc2)cc(-c2ccncc2)n1. The molecule has 0 radical (unpaired) electrons. The summed E-state index contributed by atoms with van der Waals surface area (Å²) in [5.41, 5.74) is 2.42. The van der Waals surface area contributed by atoms with E-state index in [0.29, 0.717) is 17.5 Å². The third-order valence-electron chi connectivity index (χ3n) is 4.04. The minimum absolute atomic E-state index is 0.0415. The molecule has 0 aliphatic heterocycles. The van der Waals surface area contributed by atoms with Crippen molar-refractivity contribution in [3.63, 3.8) is 0 Å². The molecule has 2 aromatic heterocycles. The number of non-ortho nitro benzene ring substituents is 1. The summed E-state index contributed by atoms with van der Waals surface area (Å²) < 4.78 is 0. The predicted molar refractivity (Wildman–Crippen MR) is 105 cm³/mol. The zero-order valence-electron chi connectivity index (χ0n) is 15.1. The van der Waals surface area contributed by atoms with Gasteiger partial charge in [0.25, 0.3) is 5.69 Å². The van der Waals surface area contributed by atoms with Gasteiger partial charge in [-0.25, -0.2) is 4.98 Å². The van der Waals surface area contributed by atoms with Crippen LogP contribution in [0.4, 0.5) is 23.1 Å². The molecule has 3 rings (SSSR count). The molecule has 2 heterocycles. The van der Waals surface area contributed by atoms with E-state index in [9.17, 15) is 10.1 Å². The van der Waals surface area contributed by atoms with Crippen molar-refractivity contribution in [2.75, 3.05) is 10.6 Å². The summed E-state index contributed by atoms with van der Waals surface area (Å²) in [6.45, 7) is 4.15. The van der Waals surface area contributed by atoms with E-state index in [2.05, 4.69) is 39.4 Å². The van der Waals surface area contributed by atoms with Crippen LogP contribution in [0.5, 0.6) is 0 Å². The summed E-state index contributed by atoms with van der Waals surface area (Å²) in [4.78, 5) is 23.5. The molecule has 2 N–H and O–H groups in total. The Morgan fingerprint density at radius 2 is 1.81 bits per heavy atom. The molecule has 0 aliphatic rings. The van der Waals surface area contributed by atoms with Gasteiger partial charge in [-0.2, -0.15) is 4.98 Å². The molecule has 27 heavy (non-hydrogen) atoms. The van der Waals surface area contributed by atoms with Gasteiger partial charge in [0.15, 0.2) is 0 Å². The van der Waals surface area contributed by atoms with Crippen molar-refractivity contribution in [3.05, 3.63) is 65.0 Å². The first-order chi connectivity index (χ1) is 13.0. The lowest BCUT2D eigenvalue weighted by Crippen LogP contribution is -2.16. The molecule has 138 valence electrons. The second kappa shape index (κ2) is 8.22. The largest absolute Gasteiger partial charge is 0.352 e. The zero-order valence-corrected chi connectivity index (χ0v) is 15.1. The van der Waals surface area contributed by atoms with Crippen LogP contribution < -0.4 is 10.6 Å². The lowest BCUT2D eigenvalue weighted by atomic mass is 10.2. The summed E-state index contributed by atoms with van der Waals surface area (Å²) in [7, 11) is 0. The van der Waals surface area contributed by atoms with Crippen LogP contribution in [0.2, 0.25) is 0 Å². The van der Waals surface area contributed by atoms with E-state index in [0.717, 1.165) is 17.7 Å². The minimum atomic E-state index is -0.426. The van der Waals surface area contributed by atoms with Crippen LogP contribution >= 0.6 is 0 Å². The quantitative estimate of drug-likeness (QED) is 0.473. The molecule has 0 fully saturated rings. The molecule has 8 nitrogen and oxygen atoms in total. The topological polar surface area (TPSA) is 106 Å². The third kappa shape index (κ3) is 4.75. The van der Waals surface area contributed by atoms with E-state index in [1.54, 1.807) is 24.5 Å². The number of hydrogen-bond donors (Lipinski definition) is 2. The van der Waals surface area contributed by atoms with Gasteiger partial charge in [0.2, 0.25) is 5.95 Å². The Balaban J connectivity index is 1.93. The Morgan fingerprint density at radius 3 is 2.44 bits per heavy atom. The minimum Gasteiger partial charge on any atom is -0.352 e. The fourth-order valence-corrected chi connectivity index (χ4v) is 2.38. The predicted octanol–water partition coefficient (Wildman–Crippen LogP) is 4.40. The summed E-state index contributed by atoms with van der Waals surface area (Å²) in [5.74, 6) is 1.11. The van der Waals surface area contributed by atoms with E-state index in [1.165, 1.54) is 12.1 Å². The van der Waals surface area contributed by atoms with Gasteiger partial charge in [-0.15, -0.1) is 0 Å². The normalized spacial score (nSPS) is 11.6. The number of nitro benzene ring substituents is 1. The van der Waals surface area contributed by atoms with Gasteiger partial charge in [-0.3, -0.25) is 15.1 Å². The van der Waals surface area contributed by atoms with Crippen LogP contribution in [-0.4, -0.2) is 25.9 Å². The van der Waals surface area contributed by atoms with E-state index < -0.39 is 4.92 Å². The van der Waals surface area contributed by atoms with Gasteiger partial charge in [-0.1, -0.05) is 6.92 Å². The maximum atomic E-state index is 10.8. The maximum Gasteiger partial charge on any atom is 0.269 e. The number of nitro groups is 1. The van der Waals surface area contributed by atoms with Gasteiger partial charge in [-0.05, 0) is 37.6 Å². The van der Waals surface area contributed by atoms with E-state index in [4.69, 9.17) is 0 Å². The molecule has 8 heteroatoms. The Hall–Kier alpha value is -3.55. The highest BCUT2D eigenvalue weighted by Gasteiger charge is 2.10.